The number of rotatable bonds is 5. The lowest BCUT2D eigenvalue weighted by Gasteiger charge is -2.25. The van der Waals surface area contributed by atoms with Crippen molar-refractivity contribution in [2.75, 3.05) is 11.6 Å². The summed E-state index contributed by atoms with van der Waals surface area (Å²) >= 11 is 0. The fraction of sp³-hybridized carbons (Fsp3) is 0.263. The molecule has 1 N–H and O–H groups in total. The number of para-hydroxylation sites is 1. The number of nitrogens with zero attached hydrogens (tertiary/aromatic N) is 1. The Morgan fingerprint density at radius 3 is 2.46 bits per heavy atom. The van der Waals surface area contributed by atoms with Crippen LogP contribution in [-0.4, -0.2) is 24.4 Å². The van der Waals surface area contributed by atoms with Gasteiger partial charge in [-0.1, -0.05) is 24.3 Å². The predicted octanol–water partition coefficient (Wildman–Crippen LogP) is 1.56. The molecule has 0 radical (unpaired) electrons. The molecule has 2 aromatic carbocycles. The van der Waals surface area contributed by atoms with E-state index >= 15 is 0 Å². The van der Waals surface area contributed by atoms with Gasteiger partial charge >= 0.3 is 5.91 Å². The van der Waals surface area contributed by atoms with Crippen molar-refractivity contribution >= 4 is 17.4 Å². The van der Waals surface area contributed by atoms with E-state index in [-0.39, 0.29) is 5.82 Å². The topological polar surface area (TPSA) is 41.8 Å². The molecule has 122 valence electrons. The summed E-state index contributed by atoms with van der Waals surface area (Å²) in [5.74, 6) is -1.13. The van der Waals surface area contributed by atoms with Gasteiger partial charge in [-0.05, 0) is 24.3 Å². The van der Waals surface area contributed by atoms with Crippen molar-refractivity contribution in [2.24, 2.45) is 0 Å². The zero-order chi connectivity index (χ0) is 16.7. The van der Waals surface area contributed by atoms with Crippen molar-refractivity contribution < 1.29 is 18.9 Å². The number of nitrogens with one attached hydrogen (secondary N) is 1. The highest BCUT2D eigenvalue weighted by Gasteiger charge is 2.41. The monoisotopic (exact) mass is 325 g/mol. The molecule has 1 aliphatic heterocycles. The molecule has 0 bridgehead atoms. The lowest BCUT2D eigenvalue weighted by Crippen LogP contribution is -3.13. The fourth-order valence-corrected chi connectivity index (χ4v) is 3.29. The maximum Gasteiger partial charge on any atom is 0.303 e. The van der Waals surface area contributed by atoms with E-state index in [0.29, 0.717) is 30.5 Å². The van der Waals surface area contributed by atoms with E-state index in [9.17, 15) is 14.0 Å². The number of halogens is 1. The minimum Gasteiger partial charge on any atom is -0.311 e. The van der Waals surface area contributed by atoms with Gasteiger partial charge in [-0.3, -0.25) is 14.5 Å². The highest BCUT2D eigenvalue weighted by Crippen LogP contribution is 2.27. The molecule has 5 heteroatoms. The Hall–Kier alpha value is -2.53. The van der Waals surface area contributed by atoms with Crippen molar-refractivity contribution in [3.05, 3.63) is 65.5 Å². The Morgan fingerprint density at radius 1 is 1.04 bits per heavy atom. The molecule has 24 heavy (non-hydrogen) atoms. The summed E-state index contributed by atoms with van der Waals surface area (Å²) in [6.45, 7) is 1.18. The summed E-state index contributed by atoms with van der Waals surface area (Å²) in [6, 6.07) is 14.1. The van der Waals surface area contributed by atoms with E-state index in [0.717, 1.165) is 18.4 Å². The van der Waals surface area contributed by atoms with Crippen LogP contribution in [0.5, 0.6) is 0 Å². The van der Waals surface area contributed by atoms with Crippen LogP contribution < -0.4 is 9.80 Å². The first kappa shape index (κ1) is 15.0. The number of fused-ring (bicyclic) bond motifs is 1. The average Bonchev–Trinajstić information content (AvgIpc) is 3.41. The Kier molecular flexibility index (Phi) is 3.65. The molecule has 4 nitrogen and oxygen atoms in total. The standard InChI is InChI=1S/C19H17FN2O2/c20-14-7-5-13(6-8-14)11-21(15-9-10-15)12-22-17-4-2-1-3-16(17)18(23)19(22)24/h1-8,15H,9-12H2/p+1. The first-order valence-corrected chi connectivity index (χ1v) is 8.18. The zero-order valence-electron chi connectivity index (χ0n) is 13.2. The highest BCUT2D eigenvalue weighted by atomic mass is 19.1. The molecule has 2 aromatic rings. The van der Waals surface area contributed by atoms with Gasteiger partial charge in [-0.2, -0.15) is 0 Å². The van der Waals surface area contributed by atoms with Gasteiger partial charge in [0.25, 0.3) is 5.78 Å². The van der Waals surface area contributed by atoms with Crippen LogP contribution in [0.2, 0.25) is 0 Å². The third kappa shape index (κ3) is 2.71. The molecule has 0 spiro atoms. The number of ketones is 1. The summed E-state index contributed by atoms with van der Waals surface area (Å²) in [5.41, 5.74) is 2.22. The minimum atomic E-state index is -0.451. The van der Waals surface area contributed by atoms with Gasteiger partial charge in [-0.25, -0.2) is 4.39 Å². The van der Waals surface area contributed by atoms with Crippen molar-refractivity contribution in [1.82, 2.24) is 0 Å². The quantitative estimate of drug-likeness (QED) is 0.848. The summed E-state index contributed by atoms with van der Waals surface area (Å²) in [6.07, 6.45) is 2.24. The summed E-state index contributed by atoms with van der Waals surface area (Å²) in [5, 5.41) is 0. The van der Waals surface area contributed by atoms with Crippen molar-refractivity contribution in [1.29, 1.82) is 0 Å². The normalized spacial score (nSPS) is 18.0. The van der Waals surface area contributed by atoms with E-state index in [4.69, 9.17) is 0 Å². The van der Waals surface area contributed by atoms with Crippen LogP contribution in [0.25, 0.3) is 0 Å². The minimum absolute atomic E-state index is 0.249. The second-order valence-corrected chi connectivity index (χ2v) is 6.47. The van der Waals surface area contributed by atoms with Gasteiger partial charge in [-0.15, -0.1) is 0 Å². The number of benzene rings is 2. The van der Waals surface area contributed by atoms with E-state index < -0.39 is 11.7 Å². The Bertz CT molecular complexity index is 799. The van der Waals surface area contributed by atoms with E-state index in [1.165, 1.54) is 17.0 Å². The highest BCUT2D eigenvalue weighted by molar-refractivity contribution is 6.52. The molecule has 1 aliphatic carbocycles. The first-order chi connectivity index (χ1) is 11.6. The van der Waals surface area contributed by atoms with Crippen LogP contribution in [0.15, 0.2) is 48.5 Å². The molecule has 0 saturated heterocycles. The maximum atomic E-state index is 13.1. The summed E-state index contributed by atoms with van der Waals surface area (Å²) in [4.78, 5) is 27.3. The molecule has 0 aromatic heterocycles. The van der Waals surface area contributed by atoms with Crippen molar-refractivity contribution in [2.45, 2.75) is 25.4 Å². The number of hydrogen-bond acceptors (Lipinski definition) is 2. The predicted molar refractivity (Wildman–Crippen MR) is 87.2 cm³/mol. The van der Waals surface area contributed by atoms with Crippen molar-refractivity contribution in [3.63, 3.8) is 0 Å². The molecule has 1 atom stereocenters. The van der Waals surface area contributed by atoms with Gasteiger partial charge in [0.05, 0.1) is 17.3 Å². The fourth-order valence-electron chi connectivity index (χ4n) is 3.29. The van der Waals surface area contributed by atoms with Crippen LogP contribution in [0, 0.1) is 5.82 Å². The lowest BCUT2D eigenvalue weighted by molar-refractivity contribution is -0.923. The summed E-state index contributed by atoms with van der Waals surface area (Å²) < 4.78 is 13.1. The second kappa shape index (κ2) is 5.83. The van der Waals surface area contributed by atoms with Gasteiger partial charge in [0.1, 0.15) is 12.4 Å². The van der Waals surface area contributed by atoms with E-state index in [1.807, 2.05) is 12.1 Å². The van der Waals surface area contributed by atoms with Crippen molar-refractivity contribution in [3.8, 4) is 0 Å². The average molecular weight is 325 g/mol. The molecule has 1 saturated carbocycles. The number of Topliss-reactive ketones (excluding diaryl/α,β-unsaturated/α-hetero) is 1. The number of quaternary nitrogens is 1. The largest absolute Gasteiger partial charge is 0.311 e. The van der Waals surface area contributed by atoms with E-state index in [1.54, 1.807) is 29.2 Å². The van der Waals surface area contributed by atoms with Gasteiger partial charge in [0.15, 0.2) is 6.67 Å². The van der Waals surface area contributed by atoms with Crippen LogP contribution >= 0.6 is 0 Å². The molecule has 1 unspecified atom stereocenters. The maximum absolute atomic E-state index is 13.1. The first-order valence-electron chi connectivity index (χ1n) is 8.18. The van der Waals surface area contributed by atoms with Gasteiger partial charge in [0, 0.05) is 18.4 Å². The molecule has 1 heterocycles. The molecule has 1 fully saturated rings. The lowest BCUT2D eigenvalue weighted by atomic mass is 10.1. The third-order valence-corrected chi connectivity index (χ3v) is 4.74. The molecule has 2 aliphatic rings. The summed E-state index contributed by atoms with van der Waals surface area (Å²) in [7, 11) is 0. The van der Waals surface area contributed by atoms with Gasteiger partial charge in [0.2, 0.25) is 0 Å². The van der Waals surface area contributed by atoms with Gasteiger partial charge < -0.3 is 4.90 Å². The Labute approximate surface area is 139 Å². The Balaban J connectivity index is 1.56. The van der Waals surface area contributed by atoms with Crippen LogP contribution in [-0.2, 0) is 11.3 Å². The van der Waals surface area contributed by atoms with Crippen LogP contribution in [0.1, 0.15) is 28.8 Å². The number of amides is 1. The molecule has 4 rings (SSSR count). The second-order valence-electron chi connectivity index (χ2n) is 6.47. The zero-order valence-corrected chi connectivity index (χ0v) is 13.2. The SMILES string of the molecule is O=C1C(=O)N(C[NH+](Cc2ccc(F)cc2)C2CC2)c2ccccc21. The third-order valence-electron chi connectivity index (χ3n) is 4.74. The number of anilines is 1. The Morgan fingerprint density at radius 2 is 1.75 bits per heavy atom. The van der Waals surface area contributed by atoms with E-state index in [2.05, 4.69) is 0 Å². The molecule has 1 amide bonds. The molecular weight excluding hydrogens is 307 g/mol. The van der Waals surface area contributed by atoms with Crippen LogP contribution in [0.4, 0.5) is 10.1 Å². The number of carbonyl (C=O) groups is 2. The smallest absolute Gasteiger partial charge is 0.303 e. The number of hydrogen-bond donors (Lipinski definition) is 1. The number of carbonyl (C=O) groups excluding carboxylic acids is 2. The molecular formula is C19H18FN2O2+. The van der Waals surface area contributed by atoms with Crippen LogP contribution in [0.3, 0.4) is 0 Å².